The van der Waals surface area contributed by atoms with Crippen LogP contribution in [0.5, 0.6) is 17.2 Å². The van der Waals surface area contributed by atoms with Gasteiger partial charge in [-0.1, -0.05) is 18.2 Å². The molecule has 29 heavy (non-hydrogen) atoms. The fraction of sp³-hybridized carbons (Fsp3) is 0.0952. The van der Waals surface area contributed by atoms with E-state index in [2.05, 4.69) is 5.32 Å². The largest absolute Gasteiger partial charge is 0.484 e. The van der Waals surface area contributed by atoms with Gasteiger partial charge in [0.25, 0.3) is 11.6 Å². The zero-order chi connectivity index (χ0) is 20.6. The molecule has 0 fully saturated rings. The molecule has 1 N–H and O–H groups in total. The van der Waals surface area contributed by atoms with Gasteiger partial charge in [-0.05, 0) is 48.0 Å². The Morgan fingerprint density at radius 2 is 1.62 bits per heavy atom. The molecule has 8 heteroatoms. The topological polar surface area (TPSA) is 90.7 Å². The van der Waals surface area contributed by atoms with E-state index in [-0.39, 0.29) is 36.3 Å². The number of nitro groups is 1. The van der Waals surface area contributed by atoms with Gasteiger partial charge >= 0.3 is 0 Å². The van der Waals surface area contributed by atoms with Crippen molar-refractivity contribution in [3.8, 4) is 17.2 Å². The molecule has 1 amide bonds. The molecule has 0 aliphatic carbocycles. The van der Waals surface area contributed by atoms with Gasteiger partial charge in [-0.2, -0.15) is 0 Å². The molecule has 0 atom stereocenters. The summed E-state index contributed by atoms with van der Waals surface area (Å²) in [6.07, 6.45) is 0. The van der Waals surface area contributed by atoms with Crippen LogP contribution in [0.3, 0.4) is 0 Å². The fourth-order valence-electron chi connectivity index (χ4n) is 2.40. The van der Waals surface area contributed by atoms with Crippen molar-refractivity contribution in [3.63, 3.8) is 0 Å². The molecule has 0 radical (unpaired) electrons. The summed E-state index contributed by atoms with van der Waals surface area (Å²) in [5.74, 6) is 0.657. The van der Waals surface area contributed by atoms with Gasteiger partial charge in [0, 0.05) is 12.6 Å². The average molecular weight is 396 g/mol. The molecule has 0 heterocycles. The van der Waals surface area contributed by atoms with Gasteiger partial charge in [-0.25, -0.2) is 4.39 Å². The first-order valence-electron chi connectivity index (χ1n) is 8.66. The van der Waals surface area contributed by atoms with Crippen LogP contribution in [0.4, 0.5) is 10.1 Å². The normalized spacial score (nSPS) is 10.2. The van der Waals surface area contributed by atoms with Gasteiger partial charge in [0.15, 0.2) is 6.61 Å². The van der Waals surface area contributed by atoms with E-state index < -0.39 is 4.92 Å². The summed E-state index contributed by atoms with van der Waals surface area (Å²) < 4.78 is 23.8. The van der Waals surface area contributed by atoms with Crippen molar-refractivity contribution in [1.82, 2.24) is 5.32 Å². The van der Waals surface area contributed by atoms with Crippen molar-refractivity contribution < 1.29 is 23.6 Å². The van der Waals surface area contributed by atoms with Crippen LogP contribution in [0, 0.1) is 15.9 Å². The Balaban J connectivity index is 1.45. The number of nitrogens with zero attached hydrogens (tertiary/aromatic N) is 1. The van der Waals surface area contributed by atoms with E-state index in [9.17, 15) is 19.3 Å². The molecule has 0 aromatic heterocycles. The molecule has 148 valence electrons. The maximum absolute atomic E-state index is 12.9. The molecule has 0 aliphatic rings. The average Bonchev–Trinajstić information content (AvgIpc) is 2.73. The summed E-state index contributed by atoms with van der Waals surface area (Å²) in [7, 11) is 0. The number of halogens is 1. The molecule has 0 saturated carbocycles. The molecule has 0 spiro atoms. The van der Waals surface area contributed by atoms with Crippen LogP contribution < -0.4 is 14.8 Å². The number of carbonyl (C=O) groups is 1. The Bertz CT molecular complexity index is 991. The number of hydrogen-bond acceptors (Lipinski definition) is 5. The van der Waals surface area contributed by atoms with E-state index in [1.165, 1.54) is 42.5 Å². The number of amides is 1. The van der Waals surface area contributed by atoms with E-state index in [1.807, 2.05) is 0 Å². The van der Waals surface area contributed by atoms with Crippen LogP contribution in [-0.4, -0.2) is 17.4 Å². The van der Waals surface area contributed by atoms with Crippen LogP contribution >= 0.6 is 0 Å². The first-order valence-corrected chi connectivity index (χ1v) is 8.66. The minimum atomic E-state index is -0.531. The van der Waals surface area contributed by atoms with Crippen molar-refractivity contribution in [2.45, 2.75) is 6.54 Å². The van der Waals surface area contributed by atoms with Gasteiger partial charge in [0.1, 0.15) is 23.1 Å². The van der Waals surface area contributed by atoms with Crippen LogP contribution in [-0.2, 0) is 11.3 Å². The molecule has 3 rings (SSSR count). The summed E-state index contributed by atoms with van der Waals surface area (Å²) in [6, 6.07) is 18.4. The quantitative estimate of drug-likeness (QED) is 0.455. The minimum absolute atomic E-state index is 0.106. The van der Waals surface area contributed by atoms with Gasteiger partial charge in [-0.3, -0.25) is 14.9 Å². The van der Waals surface area contributed by atoms with E-state index >= 15 is 0 Å². The fourth-order valence-corrected chi connectivity index (χ4v) is 2.40. The summed E-state index contributed by atoms with van der Waals surface area (Å²) in [5.41, 5.74) is 0.742. The highest BCUT2D eigenvalue weighted by atomic mass is 19.1. The summed E-state index contributed by atoms with van der Waals surface area (Å²) in [4.78, 5) is 22.1. The van der Waals surface area contributed by atoms with Crippen molar-refractivity contribution in [2.24, 2.45) is 0 Å². The number of nitrogens with one attached hydrogen (secondary N) is 1. The Hall–Kier alpha value is -3.94. The number of carbonyl (C=O) groups excluding carboxylic acids is 1. The molecular formula is C21H17FN2O5. The molecular weight excluding hydrogens is 379 g/mol. The Labute approximate surface area is 165 Å². The maximum atomic E-state index is 12.9. The van der Waals surface area contributed by atoms with E-state index in [1.54, 1.807) is 30.3 Å². The van der Waals surface area contributed by atoms with E-state index in [0.29, 0.717) is 11.5 Å². The highest BCUT2D eigenvalue weighted by Gasteiger charge is 2.08. The number of hydrogen-bond donors (Lipinski definition) is 1. The van der Waals surface area contributed by atoms with E-state index in [4.69, 9.17) is 9.47 Å². The Morgan fingerprint density at radius 3 is 2.28 bits per heavy atom. The highest BCUT2D eigenvalue weighted by molar-refractivity contribution is 5.77. The maximum Gasteiger partial charge on any atom is 0.273 e. The third-order valence-electron chi connectivity index (χ3n) is 3.86. The Kier molecular flexibility index (Phi) is 6.36. The van der Waals surface area contributed by atoms with Crippen molar-refractivity contribution in [3.05, 3.63) is 94.3 Å². The lowest BCUT2D eigenvalue weighted by Gasteiger charge is -2.09. The van der Waals surface area contributed by atoms with Crippen LogP contribution in [0.2, 0.25) is 0 Å². The van der Waals surface area contributed by atoms with Gasteiger partial charge in [-0.15, -0.1) is 0 Å². The van der Waals surface area contributed by atoms with Crippen LogP contribution in [0.25, 0.3) is 0 Å². The molecule has 0 bridgehead atoms. The summed E-state index contributed by atoms with van der Waals surface area (Å²) in [6.45, 7) is 0.0287. The minimum Gasteiger partial charge on any atom is -0.484 e. The molecule has 0 unspecified atom stereocenters. The zero-order valence-corrected chi connectivity index (χ0v) is 15.2. The standard InChI is InChI=1S/C21H17FN2O5/c22-16-6-10-19(11-7-16)29-18-8-4-15(5-9-18)13-23-21(25)14-28-20-3-1-2-17(12-20)24(26)27/h1-12H,13-14H2,(H,23,25). The zero-order valence-electron chi connectivity index (χ0n) is 15.2. The van der Waals surface area contributed by atoms with Crippen LogP contribution in [0.15, 0.2) is 72.8 Å². The molecule has 3 aromatic rings. The molecule has 3 aromatic carbocycles. The van der Waals surface area contributed by atoms with Gasteiger partial charge < -0.3 is 14.8 Å². The third kappa shape index (κ3) is 6.03. The van der Waals surface area contributed by atoms with E-state index in [0.717, 1.165) is 5.56 Å². The van der Waals surface area contributed by atoms with Crippen LogP contribution in [0.1, 0.15) is 5.56 Å². The molecule has 0 saturated heterocycles. The third-order valence-corrected chi connectivity index (χ3v) is 3.86. The summed E-state index contributed by atoms with van der Waals surface area (Å²) in [5, 5.41) is 13.4. The monoisotopic (exact) mass is 396 g/mol. The number of nitro benzene ring substituents is 1. The number of rotatable bonds is 8. The first-order chi connectivity index (χ1) is 14.0. The Morgan fingerprint density at radius 1 is 0.966 bits per heavy atom. The van der Waals surface area contributed by atoms with Crippen molar-refractivity contribution in [2.75, 3.05) is 6.61 Å². The first kappa shape index (κ1) is 19.8. The molecule has 0 aliphatic heterocycles. The second kappa shape index (κ2) is 9.32. The number of ether oxygens (including phenoxy) is 2. The predicted octanol–water partition coefficient (Wildman–Crippen LogP) is 4.22. The molecule has 7 nitrogen and oxygen atoms in total. The van der Waals surface area contributed by atoms with Gasteiger partial charge in [0.05, 0.1) is 11.0 Å². The predicted molar refractivity (Wildman–Crippen MR) is 103 cm³/mol. The second-order valence-corrected chi connectivity index (χ2v) is 6.02. The SMILES string of the molecule is O=C(COc1cccc([N+](=O)[O-])c1)NCc1ccc(Oc2ccc(F)cc2)cc1. The lowest BCUT2D eigenvalue weighted by molar-refractivity contribution is -0.384. The lowest BCUT2D eigenvalue weighted by atomic mass is 10.2. The second-order valence-electron chi connectivity index (χ2n) is 6.02. The van der Waals surface area contributed by atoms with Gasteiger partial charge in [0.2, 0.25) is 0 Å². The summed E-state index contributed by atoms with van der Waals surface area (Å²) >= 11 is 0. The van der Waals surface area contributed by atoms with Crippen molar-refractivity contribution in [1.29, 1.82) is 0 Å². The number of benzene rings is 3. The lowest BCUT2D eigenvalue weighted by Crippen LogP contribution is -2.28. The van der Waals surface area contributed by atoms with Crippen molar-refractivity contribution >= 4 is 11.6 Å². The highest BCUT2D eigenvalue weighted by Crippen LogP contribution is 2.22. The smallest absolute Gasteiger partial charge is 0.273 e. The number of non-ortho nitro benzene ring substituents is 1.